The topological polar surface area (TPSA) is 92.5 Å². The summed E-state index contributed by atoms with van der Waals surface area (Å²) in [6.07, 6.45) is 5.00. The van der Waals surface area contributed by atoms with Gasteiger partial charge in [0.05, 0.1) is 17.5 Å². The molecule has 0 bridgehead atoms. The van der Waals surface area contributed by atoms with Gasteiger partial charge in [0.15, 0.2) is 0 Å². The van der Waals surface area contributed by atoms with Crippen molar-refractivity contribution < 1.29 is 9.72 Å². The Morgan fingerprint density at radius 3 is 2.58 bits per heavy atom. The van der Waals surface area contributed by atoms with E-state index in [2.05, 4.69) is 14.9 Å². The lowest BCUT2D eigenvalue weighted by molar-refractivity contribution is -0.385. The first-order valence-electron chi connectivity index (χ1n) is 7.66. The average molecular weight is 327 g/mol. The van der Waals surface area contributed by atoms with Gasteiger partial charge in [0.25, 0.3) is 5.69 Å². The molecule has 1 saturated heterocycles. The monoisotopic (exact) mass is 327 g/mol. The zero-order valence-electron chi connectivity index (χ0n) is 13.0. The van der Waals surface area contributed by atoms with Crippen LogP contribution in [0.3, 0.4) is 0 Å². The smallest absolute Gasteiger partial charge is 0.273 e. The molecule has 0 radical (unpaired) electrons. The minimum atomic E-state index is -0.450. The molecule has 1 aromatic carbocycles. The fourth-order valence-corrected chi connectivity index (χ4v) is 2.75. The summed E-state index contributed by atoms with van der Waals surface area (Å²) in [6, 6.07) is 6.37. The van der Waals surface area contributed by atoms with Crippen LogP contribution in [-0.4, -0.2) is 51.9 Å². The number of nitro groups is 1. The van der Waals surface area contributed by atoms with Crippen molar-refractivity contribution in [1.29, 1.82) is 0 Å². The summed E-state index contributed by atoms with van der Waals surface area (Å²) < 4.78 is 0. The van der Waals surface area contributed by atoms with Crippen LogP contribution in [0.5, 0.6) is 0 Å². The SMILES string of the molecule is O=C(Cc1ccccc1[N+](=O)[O-])N1CCN(c2cnccn2)CC1. The van der Waals surface area contributed by atoms with Crippen molar-refractivity contribution in [3.63, 3.8) is 0 Å². The van der Waals surface area contributed by atoms with E-state index in [0.29, 0.717) is 31.7 Å². The Balaban J connectivity index is 1.61. The molecular weight excluding hydrogens is 310 g/mol. The van der Waals surface area contributed by atoms with Crippen molar-refractivity contribution in [3.8, 4) is 0 Å². The van der Waals surface area contributed by atoms with E-state index in [1.165, 1.54) is 6.07 Å². The molecule has 0 spiro atoms. The largest absolute Gasteiger partial charge is 0.352 e. The van der Waals surface area contributed by atoms with Crippen LogP contribution in [0, 0.1) is 10.1 Å². The molecule has 1 aliphatic heterocycles. The molecule has 3 rings (SSSR count). The van der Waals surface area contributed by atoms with Gasteiger partial charge in [0.1, 0.15) is 5.82 Å². The van der Waals surface area contributed by atoms with Crippen LogP contribution in [0.1, 0.15) is 5.56 Å². The molecule has 0 aliphatic carbocycles. The molecule has 124 valence electrons. The number of amides is 1. The Labute approximate surface area is 138 Å². The number of para-hydroxylation sites is 1. The number of anilines is 1. The van der Waals surface area contributed by atoms with E-state index in [9.17, 15) is 14.9 Å². The molecule has 8 heteroatoms. The van der Waals surface area contributed by atoms with Crippen molar-refractivity contribution in [2.75, 3.05) is 31.1 Å². The zero-order chi connectivity index (χ0) is 16.9. The maximum Gasteiger partial charge on any atom is 0.273 e. The Hall–Kier alpha value is -3.03. The Morgan fingerprint density at radius 2 is 1.92 bits per heavy atom. The van der Waals surface area contributed by atoms with Gasteiger partial charge in [-0.2, -0.15) is 0 Å². The molecule has 0 N–H and O–H groups in total. The molecule has 0 unspecified atom stereocenters. The van der Waals surface area contributed by atoms with Crippen molar-refractivity contribution >= 4 is 17.4 Å². The van der Waals surface area contributed by atoms with Crippen molar-refractivity contribution in [3.05, 3.63) is 58.5 Å². The number of nitrogens with zero attached hydrogens (tertiary/aromatic N) is 5. The fraction of sp³-hybridized carbons (Fsp3) is 0.312. The summed E-state index contributed by atoms with van der Waals surface area (Å²) in [7, 11) is 0. The predicted octanol–water partition coefficient (Wildman–Crippen LogP) is 1.28. The molecular formula is C16H17N5O3. The summed E-state index contributed by atoms with van der Waals surface area (Å²) in [5, 5.41) is 11.0. The molecule has 24 heavy (non-hydrogen) atoms. The van der Waals surface area contributed by atoms with E-state index in [1.807, 2.05) is 0 Å². The standard InChI is InChI=1S/C16H17N5O3/c22-16(11-13-3-1-2-4-14(13)21(23)24)20-9-7-19(8-10-20)15-12-17-5-6-18-15/h1-6,12H,7-11H2. The molecule has 8 nitrogen and oxygen atoms in total. The van der Waals surface area contributed by atoms with Crippen LogP contribution in [0.2, 0.25) is 0 Å². The number of rotatable bonds is 4. The molecule has 1 aliphatic rings. The van der Waals surface area contributed by atoms with Crippen LogP contribution in [0.15, 0.2) is 42.9 Å². The van der Waals surface area contributed by atoms with Gasteiger partial charge in [-0.15, -0.1) is 0 Å². The highest BCUT2D eigenvalue weighted by Crippen LogP contribution is 2.19. The summed E-state index contributed by atoms with van der Waals surface area (Å²) in [6.45, 7) is 2.47. The molecule has 2 aromatic rings. The van der Waals surface area contributed by atoms with Crippen molar-refractivity contribution in [2.24, 2.45) is 0 Å². The Kier molecular flexibility index (Phi) is 4.64. The van der Waals surface area contributed by atoms with Crippen LogP contribution in [-0.2, 0) is 11.2 Å². The van der Waals surface area contributed by atoms with E-state index in [0.717, 1.165) is 5.82 Å². The van der Waals surface area contributed by atoms with Crippen molar-refractivity contribution in [2.45, 2.75) is 6.42 Å². The fourth-order valence-electron chi connectivity index (χ4n) is 2.75. The maximum atomic E-state index is 12.4. The number of hydrogen-bond donors (Lipinski definition) is 0. The van der Waals surface area contributed by atoms with Crippen LogP contribution in [0.4, 0.5) is 11.5 Å². The van der Waals surface area contributed by atoms with E-state index in [-0.39, 0.29) is 18.0 Å². The van der Waals surface area contributed by atoms with E-state index in [4.69, 9.17) is 0 Å². The van der Waals surface area contributed by atoms with Gasteiger partial charge < -0.3 is 9.80 Å². The molecule has 0 saturated carbocycles. The van der Waals surface area contributed by atoms with E-state index >= 15 is 0 Å². The highest BCUT2D eigenvalue weighted by atomic mass is 16.6. The van der Waals surface area contributed by atoms with Crippen LogP contribution < -0.4 is 4.90 Å². The normalized spacial score (nSPS) is 14.5. The highest BCUT2D eigenvalue weighted by Gasteiger charge is 2.24. The number of nitro benzene ring substituents is 1. The number of carbonyl (C=O) groups is 1. The summed E-state index contributed by atoms with van der Waals surface area (Å²) in [5.74, 6) is 0.700. The Morgan fingerprint density at radius 1 is 1.17 bits per heavy atom. The number of carbonyl (C=O) groups excluding carboxylic acids is 1. The number of piperazine rings is 1. The second-order valence-corrected chi connectivity index (χ2v) is 5.49. The summed E-state index contributed by atoms with van der Waals surface area (Å²) in [4.78, 5) is 35.1. The Bertz CT molecular complexity index is 730. The number of aromatic nitrogens is 2. The van der Waals surface area contributed by atoms with E-state index < -0.39 is 4.92 Å². The third-order valence-corrected chi connectivity index (χ3v) is 4.04. The van der Waals surface area contributed by atoms with Crippen LogP contribution >= 0.6 is 0 Å². The van der Waals surface area contributed by atoms with E-state index in [1.54, 1.807) is 41.7 Å². The van der Waals surface area contributed by atoms with Gasteiger partial charge in [-0.25, -0.2) is 4.98 Å². The van der Waals surface area contributed by atoms with Crippen LogP contribution in [0.25, 0.3) is 0 Å². The minimum Gasteiger partial charge on any atom is -0.352 e. The number of hydrogen-bond acceptors (Lipinski definition) is 6. The molecule has 1 amide bonds. The first-order chi connectivity index (χ1) is 11.6. The maximum absolute atomic E-state index is 12.4. The quantitative estimate of drug-likeness (QED) is 0.620. The lowest BCUT2D eigenvalue weighted by Crippen LogP contribution is -2.49. The second-order valence-electron chi connectivity index (χ2n) is 5.49. The molecule has 0 atom stereocenters. The number of benzene rings is 1. The summed E-state index contributed by atoms with van der Waals surface area (Å²) >= 11 is 0. The average Bonchev–Trinajstić information content (AvgIpc) is 2.63. The van der Waals surface area contributed by atoms with Gasteiger partial charge in [0, 0.05) is 50.2 Å². The van der Waals surface area contributed by atoms with Crippen molar-refractivity contribution in [1.82, 2.24) is 14.9 Å². The first kappa shape index (κ1) is 15.9. The second kappa shape index (κ2) is 7.03. The van der Waals surface area contributed by atoms with Gasteiger partial charge in [0.2, 0.25) is 5.91 Å². The third kappa shape index (κ3) is 3.48. The molecule has 2 heterocycles. The van der Waals surface area contributed by atoms with Gasteiger partial charge in [-0.1, -0.05) is 18.2 Å². The highest BCUT2D eigenvalue weighted by molar-refractivity contribution is 5.80. The minimum absolute atomic E-state index is 0.0101. The first-order valence-corrected chi connectivity index (χ1v) is 7.66. The lowest BCUT2D eigenvalue weighted by Gasteiger charge is -2.35. The van der Waals surface area contributed by atoms with Gasteiger partial charge in [-0.05, 0) is 0 Å². The predicted molar refractivity (Wildman–Crippen MR) is 87.6 cm³/mol. The van der Waals surface area contributed by atoms with Gasteiger partial charge in [-0.3, -0.25) is 19.9 Å². The molecule has 1 fully saturated rings. The molecule has 1 aromatic heterocycles. The summed E-state index contributed by atoms with van der Waals surface area (Å²) in [5.41, 5.74) is 0.438. The van der Waals surface area contributed by atoms with Gasteiger partial charge >= 0.3 is 0 Å². The zero-order valence-corrected chi connectivity index (χ0v) is 13.0. The lowest BCUT2D eigenvalue weighted by atomic mass is 10.1. The third-order valence-electron chi connectivity index (χ3n) is 4.04.